The highest BCUT2D eigenvalue weighted by Crippen LogP contribution is 2.26. The first kappa shape index (κ1) is 20.7. The topological polar surface area (TPSA) is 129 Å². The molecule has 0 fully saturated rings. The van der Waals surface area contributed by atoms with Gasteiger partial charge in [-0.1, -0.05) is 25.2 Å². The predicted molar refractivity (Wildman–Crippen MR) is 98.3 cm³/mol. The Morgan fingerprint density at radius 3 is 2.44 bits per heavy atom. The van der Waals surface area contributed by atoms with Gasteiger partial charge in [-0.25, -0.2) is 9.37 Å². The Kier molecular flexibility index (Phi) is 6.81. The van der Waals surface area contributed by atoms with Crippen LogP contribution in [0.4, 0.5) is 9.52 Å². The lowest BCUT2D eigenvalue weighted by atomic mass is 10.0. The Hall–Kier alpha value is -2.59. The smallest absolute Gasteiger partial charge is 0.321 e. The molecule has 0 bridgehead atoms. The third-order valence-corrected chi connectivity index (χ3v) is 4.63. The van der Waals surface area contributed by atoms with Gasteiger partial charge >= 0.3 is 11.9 Å². The Bertz CT molecular complexity index is 854. The number of nitrogens with one attached hydrogen (secondary N) is 2. The van der Waals surface area contributed by atoms with E-state index in [1.54, 1.807) is 0 Å². The molecule has 146 valence electrons. The van der Waals surface area contributed by atoms with Crippen LogP contribution in [0.2, 0.25) is 0 Å². The number of hydrogen-bond acceptors (Lipinski definition) is 6. The molecule has 0 aliphatic heterocycles. The molecule has 27 heavy (non-hydrogen) atoms. The van der Waals surface area contributed by atoms with Crippen molar-refractivity contribution in [2.45, 2.75) is 38.8 Å². The second-order valence-corrected chi connectivity index (χ2v) is 7.49. The fourth-order valence-electron chi connectivity index (χ4n) is 2.48. The average Bonchev–Trinajstić information content (AvgIpc) is 2.93. The van der Waals surface area contributed by atoms with E-state index in [4.69, 9.17) is 0 Å². The molecule has 0 spiro atoms. The summed E-state index contributed by atoms with van der Waals surface area (Å²) in [5, 5.41) is 23.7. The van der Waals surface area contributed by atoms with Gasteiger partial charge in [-0.05, 0) is 30.5 Å². The third-order valence-electron chi connectivity index (χ3n) is 3.69. The second kappa shape index (κ2) is 8.87. The molecule has 1 heterocycles. The van der Waals surface area contributed by atoms with Gasteiger partial charge in [0.15, 0.2) is 5.13 Å². The van der Waals surface area contributed by atoms with E-state index in [1.165, 1.54) is 18.2 Å². The lowest BCUT2D eigenvalue weighted by Gasteiger charge is -2.21. The number of carboxylic acid groups (broad SMARTS) is 2. The van der Waals surface area contributed by atoms with Crippen molar-refractivity contribution < 1.29 is 29.0 Å². The van der Waals surface area contributed by atoms with E-state index in [2.05, 4.69) is 15.6 Å². The standard InChI is InChI=1S/C17H20FN3O5S/c1-8(2)5-11(15(23)24)19-12(16(25)26)7-14(22)21-17-20-10-4-3-9(18)6-13(10)27-17/h3-4,6,8,11-12,19H,5,7H2,1-2H3,(H,23,24)(H,25,26)(H,20,21,22). The van der Waals surface area contributed by atoms with Gasteiger partial charge in [0.25, 0.3) is 0 Å². The lowest BCUT2D eigenvalue weighted by molar-refractivity contribution is -0.144. The SMILES string of the molecule is CC(C)CC(NC(CC(=O)Nc1nc2ccc(F)cc2s1)C(=O)O)C(=O)O. The van der Waals surface area contributed by atoms with Gasteiger partial charge in [0.05, 0.1) is 16.6 Å². The highest BCUT2D eigenvalue weighted by Gasteiger charge is 2.28. The van der Waals surface area contributed by atoms with Gasteiger partial charge in [0.1, 0.15) is 17.9 Å². The number of hydrogen-bond donors (Lipinski definition) is 4. The summed E-state index contributed by atoms with van der Waals surface area (Å²) in [4.78, 5) is 39.0. The fraction of sp³-hybridized carbons (Fsp3) is 0.412. The van der Waals surface area contributed by atoms with E-state index in [0.29, 0.717) is 10.2 Å². The number of thiazole rings is 1. The molecular formula is C17H20FN3O5S. The minimum atomic E-state index is -1.36. The molecule has 0 saturated carbocycles. The lowest BCUT2D eigenvalue weighted by Crippen LogP contribution is -2.49. The molecule has 1 aromatic carbocycles. The molecule has 2 aromatic rings. The van der Waals surface area contributed by atoms with Crippen LogP contribution in [0.3, 0.4) is 0 Å². The number of fused-ring (bicyclic) bond motifs is 1. The molecule has 0 aliphatic rings. The van der Waals surface area contributed by atoms with E-state index in [1.807, 2.05) is 13.8 Å². The summed E-state index contributed by atoms with van der Waals surface area (Å²) < 4.78 is 13.8. The minimum absolute atomic E-state index is 0.0324. The first-order valence-electron chi connectivity index (χ1n) is 8.23. The molecular weight excluding hydrogens is 377 g/mol. The van der Waals surface area contributed by atoms with Crippen molar-refractivity contribution in [2.75, 3.05) is 5.32 Å². The zero-order valence-electron chi connectivity index (χ0n) is 14.7. The first-order chi connectivity index (χ1) is 12.7. The molecule has 4 N–H and O–H groups in total. The summed E-state index contributed by atoms with van der Waals surface area (Å²) in [6.07, 6.45) is -0.244. The Balaban J connectivity index is 2.04. The van der Waals surface area contributed by atoms with Crippen LogP contribution in [0.15, 0.2) is 18.2 Å². The maximum absolute atomic E-state index is 13.2. The number of rotatable bonds is 9. The number of carboxylic acids is 2. The van der Waals surface area contributed by atoms with Crippen molar-refractivity contribution in [3.05, 3.63) is 24.0 Å². The van der Waals surface area contributed by atoms with E-state index >= 15 is 0 Å². The number of aromatic nitrogens is 1. The largest absolute Gasteiger partial charge is 0.480 e. The summed E-state index contributed by atoms with van der Waals surface area (Å²) in [6.45, 7) is 3.63. The Labute approximate surface area is 158 Å². The molecule has 0 aliphatic carbocycles. The predicted octanol–water partition coefficient (Wildman–Crippen LogP) is 2.31. The van der Waals surface area contributed by atoms with Gasteiger partial charge in [0, 0.05) is 0 Å². The second-order valence-electron chi connectivity index (χ2n) is 6.46. The highest BCUT2D eigenvalue weighted by molar-refractivity contribution is 7.22. The molecule has 0 radical (unpaired) electrons. The number of carbonyl (C=O) groups is 3. The number of benzene rings is 1. The monoisotopic (exact) mass is 397 g/mol. The number of halogens is 1. The molecule has 0 saturated heterocycles. The van der Waals surface area contributed by atoms with Crippen molar-refractivity contribution in [3.8, 4) is 0 Å². The zero-order valence-corrected chi connectivity index (χ0v) is 15.5. The van der Waals surface area contributed by atoms with Crippen LogP contribution in [0.1, 0.15) is 26.7 Å². The summed E-state index contributed by atoms with van der Waals surface area (Å²) >= 11 is 1.06. The van der Waals surface area contributed by atoms with Crippen LogP contribution in [0.5, 0.6) is 0 Å². The normalized spacial score (nSPS) is 13.5. The average molecular weight is 397 g/mol. The minimum Gasteiger partial charge on any atom is -0.480 e. The molecule has 8 nitrogen and oxygen atoms in total. The van der Waals surface area contributed by atoms with Crippen molar-refractivity contribution in [2.24, 2.45) is 5.92 Å². The van der Waals surface area contributed by atoms with E-state index in [9.17, 15) is 29.0 Å². The van der Waals surface area contributed by atoms with Crippen LogP contribution in [0.25, 0.3) is 10.2 Å². The molecule has 1 aromatic heterocycles. The summed E-state index contributed by atoms with van der Waals surface area (Å²) in [7, 11) is 0. The van der Waals surface area contributed by atoms with Crippen LogP contribution < -0.4 is 10.6 Å². The highest BCUT2D eigenvalue weighted by atomic mass is 32.1. The summed E-state index contributed by atoms with van der Waals surface area (Å²) in [5.74, 6) is -3.53. The number of carbonyl (C=O) groups excluding carboxylic acids is 1. The fourth-order valence-corrected chi connectivity index (χ4v) is 3.39. The van der Waals surface area contributed by atoms with Gasteiger partial charge in [-0.15, -0.1) is 0 Å². The number of aliphatic carboxylic acids is 2. The van der Waals surface area contributed by atoms with Gasteiger partial charge in [-0.2, -0.15) is 0 Å². The molecule has 2 unspecified atom stereocenters. The first-order valence-corrected chi connectivity index (χ1v) is 9.05. The van der Waals surface area contributed by atoms with Gasteiger partial charge in [-0.3, -0.25) is 19.7 Å². The van der Waals surface area contributed by atoms with Crippen molar-refractivity contribution in [1.29, 1.82) is 0 Å². The van der Waals surface area contributed by atoms with Crippen LogP contribution in [-0.2, 0) is 14.4 Å². The van der Waals surface area contributed by atoms with E-state index in [-0.39, 0.29) is 17.5 Å². The number of amides is 1. The van der Waals surface area contributed by atoms with Gasteiger partial charge < -0.3 is 15.5 Å². The van der Waals surface area contributed by atoms with Crippen molar-refractivity contribution >= 4 is 44.5 Å². The summed E-state index contributed by atoms with van der Waals surface area (Å²) in [6, 6.07) is 1.56. The number of nitrogens with zero attached hydrogens (tertiary/aromatic N) is 1. The van der Waals surface area contributed by atoms with Crippen LogP contribution >= 0.6 is 11.3 Å². The van der Waals surface area contributed by atoms with Crippen molar-refractivity contribution in [1.82, 2.24) is 10.3 Å². The zero-order chi connectivity index (χ0) is 20.1. The Morgan fingerprint density at radius 1 is 1.19 bits per heavy atom. The molecule has 10 heteroatoms. The van der Waals surface area contributed by atoms with Crippen molar-refractivity contribution in [3.63, 3.8) is 0 Å². The Morgan fingerprint density at radius 2 is 1.85 bits per heavy atom. The quantitative estimate of drug-likeness (QED) is 0.511. The maximum Gasteiger partial charge on any atom is 0.321 e. The number of anilines is 1. The van der Waals surface area contributed by atoms with E-state index in [0.717, 1.165) is 11.3 Å². The van der Waals surface area contributed by atoms with Gasteiger partial charge in [0.2, 0.25) is 5.91 Å². The van der Waals surface area contributed by atoms with E-state index < -0.39 is 42.2 Å². The summed E-state index contributed by atoms with van der Waals surface area (Å²) in [5.41, 5.74) is 0.507. The van der Waals surface area contributed by atoms with Crippen LogP contribution in [0, 0.1) is 11.7 Å². The molecule has 2 rings (SSSR count). The third kappa shape index (κ3) is 5.97. The molecule has 1 amide bonds. The molecule has 2 atom stereocenters. The van der Waals surface area contributed by atoms with Crippen LogP contribution in [-0.4, -0.2) is 45.1 Å². The maximum atomic E-state index is 13.2.